The van der Waals surface area contributed by atoms with Crippen molar-refractivity contribution in [1.29, 1.82) is 0 Å². The monoisotopic (exact) mass is 188 g/mol. The van der Waals surface area contributed by atoms with Gasteiger partial charge in [0.2, 0.25) is 0 Å². The van der Waals surface area contributed by atoms with Gasteiger partial charge in [0.1, 0.15) is 0 Å². The number of rotatable bonds is 1. The van der Waals surface area contributed by atoms with Crippen LogP contribution in [0.2, 0.25) is 0 Å². The van der Waals surface area contributed by atoms with Gasteiger partial charge in [0, 0.05) is 12.2 Å². The predicted molar refractivity (Wildman–Crippen MR) is 59.2 cm³/mol. The van der Waals surface area contributed by atoms with E-state index in [0.717, 1.165) is 30.9 Å². The number of aromatic nitrogens is 1. The van der Waals surface area contributed by atoms with Crippen molar-refractivity contribution in [3.63, 3.8) is 0 Å². The van der Waals surface area contributed by atoms with Crippen molar-refractivity contribution >= 4 is 5.57 Å². The van der Waals surface area contributed by atoms with Gasteiger partial charge in [-0.05, 0) is 44.0 Å². The van der Waals surface area contributed by atoms with Crippen LogP contribution in [-0.4, -0.2) is 18.1 Å². The predicted octanol–water partition coefficient (Wildman–Crippen LogP) is 2.08. The van der Waals surface area contributed by atoms with Gasteiger partial charge in [-0.25, -0.2) is 0 Å². The van der Waals surface area contributed by atoms with Gasteiger partial charge in [-0.15, -0.1) is 0 Å². The van der Waals surface area contributed by atoms with E-state index in [2.05, 4.69) is 42.4 Å². The van der Waals surface area contributed by atoms with Crippen LogP contribution in [0.3, 0.4) is 0 Å². The molecule has 0 atom stereocenters. The van der Waals surface area contributed by atoms with Crippen molar-refractivity contribution in [2.24, 2.45) is 0 Å². The van der Waals surface area contributed by atoms with Crippen LogP contribution in [0.25, 0.3) is 5.57 Å². The number of aryl methyl sites for hydroxylation is 2. The highest BCUT2D eigenvalue weighted by molar-refractivity contribution is 5.65. The maximum atomic E-state index is 4.59. The van der Waals surface area contributed by atoms with E-state index >= 15 is 0 Å². The van der Waals surface area contributed by atoms with Crippen LogP contribution in [-0.2, 0) is 0 Å². The van der Waals surface area contributed by atoms with E-state index in [0.29, 0.717) is 0 Å². The summed E-state index contributed by atoms with van der Waals surface area (Å²) in [5.41, 5.74) is 4.85. The summed E-state index contributed by atoms with van der Waals surface area (Å²) in [6, 6.07) is 4.26. The molecule has 1 aliphatic rings. The Labute approximate surface area is 85.1 Å². The second kappa shape index (κ2) is 3.93. The van der Waals surface area contributed by atoms with Gasteiger partial charge >= 0.3 is 0 Å². The molecule has 0 aromatic carbocycles. The van der Waals surface area contributed by atoms with E-state index in [1.54, 1.807) is 0 Å². The van der Waals surface area contributed by atoms with Gasteiger partial charge < -0.3 is 5.32 Å². The lowest BCUT2D eigenvalue weighted by molar-refractivity contribution is 0.737. The Bertz CT molecular complexity index is 367. The van der Waals surface area contributed by atoms with E-state index in [1.807, 2.05) is 0 Å². The van der Waals surface area contributed by atoms with Crippen molar-refractivity contribution in [3.05, 3.63) is 35.2 Å². The molecular weight excluding hydrogens is 172 g/mol. The Balaban J connectivity index is 2.32. The molecule has 2 rings (SSSR count). The third-order valence-electron chi connectivity index (χ3n) is 2.71. The van der Waals surface area contributed by atoms with Gasteiger partial charge in [-0.1, -0.05) is 12.1 Å². The molecule has 1 N–H and O–H groups in total. The normalized spacial score (nSPS) is 16.6. The van der Waals surface area contributed by atoms with Crippen molar-refractivity contribution < 1.29 is 0 Å². The number of hydrogen-bond acceptors (Lipinski definition) is 2. The third-order valence-corrected chi connectivity index (χ3v) is 2.71. The van der Waals surface area contributed by atoms with E-state index in [4.69, 9.17) is 0 Å². The lowest BCUT2D eigenvalue weighted by Crippen LogP contribution is -2.21. The molecule has 0 aliphatic carbocycles. The molecule has 0 spiro atoms. The second-order valence-corrected chi connectivity index (χ2v) is 3.79. The molecule has 14 heavy (non-hydrogen) atoms. The Morgan fingerprint density at radius 3 is 2.79 bits per heavy atom. The average Bonchev–Trinajstić information content (AvgIpc) is 2.23. The number of nitrogens with one attached hydrogen (secondary N) is 1. The summed E-state index contributed by atoms with van der Waals surface area (Å²) in [5, 5.41) is 3.36. The molecule has 0 radical (unpaired) electrons. The summed E-state index contributed by atoms with van der Waals surface area (Å²) in [7, 11) is 0. The van der Waals surface area contributed by atoms with E-state index in [-0.39, 0.29) is 0 Å². The molecular formula is C12H16N2. The minimum absolute atomic E-state index is 0.954. The van der Waals surface area contributed by atoms with Gasteiger partial charge in [-0.3, -0.25) is 4.98 Å². The fourth-order valence-electron chi connectivity index (χ4n) is 1.65. The first-order valence-corrected chi connectivity index (χ1v) is 5.12. The molecule has 74 valence electrons. The molecule has 1 aromatic rings. The van der Waals surface area contributed by atoms with Crippen molar-refractivity contribution in [2.75, 3.05) is 13.1 Å². The summed E-state index contributed by atoms with van der Waals surface area (Å²) in [4.78, 5) is 4.59. The Morgan fingerprint density at radius 2 is 2.14 bits per heavy atom. The molecule has 1 aromatic heterocycles. The first kappa shape index (κ1) is 9.41. The van der Waals surface area contributed by atoms with Crippen molar-refractivity contribution in [3.8, 4) is 0 Å². The molecule has 1 aliphatic heterocycles. The second-order valence-electron chi connectivity index (χ2n) is 3.79. The summed E-state index contributed by atoms with van der Waals surface area (Å²) in [6.07, 6.45) is 3.40. The summed E-state index contributed by atoms with van der Waals surface area (Å²) >= 11 is 0. The zero-order chi connectivity index (χ0) is 9.97. The highest BCUT2D eigenvalue weighted by Gasteiger charge is 2.07. The van der Waals surface area contributed by atoms with Gasteiger partial charge in [0.15, 0.2) is 0 Å². The standard InChI is InChI=1S/C12H16N2/c1-9-5-6-12(14-10(9)2)11-4-3-7-13-8-11/h4-6,13H,3,7-8H2,1-2H3. The highest BCUT2D eigenvalue weighted by Crippen LogP contribution is 2.16. The summed E-state index contributed by atoms with van der Waals surface area (Å²) in [5.74, 6) is 0. The average molecular weight is 188 g/mol. The molecule has 2 nitrogen and oxygen atoms in total. The van der Waals surface area contributed by atoms with Crippen LogP contribution >= 0.6 is 0 Å². The van der Waals surface area contributed by atoms with E-state index in [1.165, 1.54) is 11.1 Å². The molecule has 0 bridgehead atoms. The molecule has 2 heteroatoms. The Hall–Kier alpha value is -1.15. The molecule has 0 unspecified atom stereocenters. The topological polar surface area (TPSA) is 24.9 Å². The number of pyridine rings is 1. The van der Waals surface area contributed by atoms with E-state index < -0.39 is 0 Å². The number of hydrogen-bond donors (Lipinski definition) is 1. The highest BCUT2D eigenvalue weighted by atomic mass is 14.9. The Morgan fingerprint density at radius 1 is 1.29 bits per heavy atom. The van der Waals surface area contributed by atoms with Crippen LogP contribution in [0.4, 0.5) is 0 Å². The quantitative estimate of drug-likeness (QED) is 0.729. The molecule has 0 saturated heterocycles. The van der Waals surface area contributed by atoms with Crippen LogP contribution in [0.15, 0.2) is 18.2 Å². The van der Waals surface area contributed by atoms with Gasteiger partial charge in [-0.2, -0.15) is 0 Å². The lowest BCUT2D eigenvalue weighted by atomic mass is 10.1. The fourth-order valence-corrected chi connectivity index (χ4v) is 1.65. The minimum Gasteiger partial charge on any atom is -0.312 e. The van der Waals surface area contributed by atoms with Gasteiger partial charge in [0.25, 0.3) is 0 Å². The van der Waals surface area contributed by atoms with Crippen LogP contribution in [0.1, 0.15) is 23.4 Å². The SMILES string of the molecule is Cc1ccc(C2=CCCNC2)nc1C. The summed E-state index contributed by atoms with van der Waals surface area (Å²) in [6.45, 7) is 6.21. The molecule has 0 saturated carbocycles. The van der Waals surface area contributed by atoms with Crippen LogP contribution in [0.5, 0.6) is 0 Å². The first-order valence-electron chi connectivity index (χ1n) is 5.12. The van der Waals surface area contributed by atoms with Crippen molar-refractivity contribution in [1.82, 2.24) is 10.3 Å². The van der Waals surface area contributed by atoms with Crippen LogP contribution in [0, 0.1) is 13.8 Å². The fraction of sp³-hybridized carbons (Fsp3) is 0.417. The zero-order valence-corrected chi connectivity index (χ0v) is 8.80. The smallest absolute Gasteiger partial charge is 0.0674 e. The minimum atomic E-state index is 0.954. The molecule has 0 fully saturated rings. The first-order chi connectivity index (χ1) is 6.77. The molecule has 0 amide bonds. The van der Waals surface area contributed by atoms with Gasteiger partial charge in [0.05, 0.1) is 5.69 Å². The maximum Gasteiger partial charge on any atom is 0.0674 e. The van der Waals surface area contributed by atoms with E-state index in [9.17, 15) is 0 Å². The van der Waals surface area contributed by atoms with Crippen molar-refractivity contribution in [2.45, 2.75) is 20.3 Å². The zero-order valence-electron chi connectivity index (χ0n) is 8.80. The largest absolute Gasteiger partial charge is 0.312 e. The Kier molecular flexibility index (Phi) is 2.64. The van der Waals surface area contributed by atoms with Crippen LogP contribution < -0.4 is 5.32 Å². The number of nitrogens with zero attached hydrogens (tertiary/aromatic N) is 1. The summed E-state index contributed by atoms with van der Waals surface area (Å²) < 4.78 is 0. The maximum absolute atomic E-state index is 4.59. The molecule has 2 heterocycles. The third kappa shape index (κ3) is 1.85. The lowest BCUT2D eigenvalue weighted by Gasteiger charge is -2.14.